The molecule has 0 aromatic carbocycles. The highest BCUT2D eigenvalue weighted by Gasteiger charge is 2.31. The number of nitro groups is 1. The standard InChI is InChI=1S/C11H12ClN3O5S/c12-10-9(4-7(5-13-10)15(17)18)11(16)14-6-8-2-1-3-21(8,19)20/h4-5,8H,1-3,6H2,(H,14,16). The summed E-state index contributed by atoms with van der Waals surface area (Å²) in [4.78, 5) is 25.5. The number of carbonyl (C=O) groups is 1. The van der Waals surface area contributed by atoms with E-state index in [4.69, 9.17) is 11.6 Å². The van der Waals surface area contributed by atoms with Gasteiger partial charge in [0.25, 0.3) is 11.6 Å². The molecule has 1 aromatic heterocycles. The van der Waals surface area contributed by atoms with Gasteiger partial charge in [0.1, 0.15) is 11.3 Å². The SMILES string of the molecule is O=C(NCC1CCCS1(=O)=O)c1cc([N+](=O)[O-])cnc1Cl. The van der Waals surface area contributed by atoms with Crippen LogP contribution in [0, 0.1) is 10.1 Å². The van der Waals surface area contributed by atoms with Gasteiger partial charge in [-0.2, -0.15) is 0 Å². The number of amides is 1. The summed E-state index contributed by atoms with van der Waals surface area (Å²) in [7, 11) is -3.17. The number of hydrogen-bond acceptors (Lipinski definition) is 6. The molecule has 1 amide bonds. The first kappa shape index (κ1) is 15.6. The summed E-state index contributed by atoms with van der Waals surface area (Å²) in [5.41, 5.74) is -0.515. The molecule has 21 heavy (non-hydrogen) atoms. The Kier molecular flexibility index (Phi) is 4.43. The molecule has 1 saturated heterocycles. The van der Waals surface area contributed by atoms with E-state index < -0.39 is 25.9 Å². The van der Waals surface area contributed by atoms with Crippen molar-refractivity contribution in [1.29, 1.82) is 0 Å². The normalized spacial score (nSPS) is 20.1. The minimum atomic E-state index is -3.17. The minimum absolute atomic E-state index is 0.0415. The van der Waals surface area contributed by atoms with E-state index in [0.717, 1.165) is 12.3 Å². The Labute approximate surface area is 125 Å². The fourth-order valence-corrected chi connectivity index (χ4v) is 4.04. The molecule has 0 aliphatic carbocycles. The van der Waals surface area contributed by atoms with E-state index in [2.05, 4.69) is 10.3 Å². The van der Waals surface area contributed by atoms with Crippen LogP contribution in [0.5, 0.6) is 0 Å². The van der Waals surface area contributed by atoms with Crippen LogP contribution in [0.3, 0.4) is 0 Å². The van der Waals surface area contributed by atoms with Crippen LogP contribution in [0.15, 0.2) is 12.3 Å². The smallest absolute Gasteiger partial charge is 0.288 e. The van der Waals surface area contributed by atoms with Crippen LogP contribution in [0.2, 0.25) is 5.15 Å². The van der Waals surface area contributed by atoms with Crippen molar-refractivity contribution < 1.29 is 18.1 Å². The van der Waals surface area contributed by atoms with Gasteiger partial charge in [0.15, 0.2) is 9.84 Å². The largest absolute Gasteiger partial charge is 0.351 e. The van der Waals surface area contributed by atoms with E-state index in [-0.39, 0.29) is 28.7 Å². The molecular formula is C11H12ClN3O5S. The van der Waals surface area contributed by atoms with Gasteiger partial charge >= 0.3 is 0 Å². The van der Waals surface area contributed by atoms with Crippen molar-refractivity contribution in [3.63, 3.8) is 0 Å². The van der Waals surface area contributed by atoms with Gasteiger partial charge in [-0.05, 0) is 12.8 Å². The molecule has 1 aliphatic rings. The predicted molar refractivity (Wildman–Crippen MR) is 75.0 cm³/mol. The Morgan fingerprint density at radius 2 is 2.29 bits per heavy atom. The molecule has 8 nitrogen and oxygen atoms in total. The second kappa shape index (κ2) is 5.94. The number of nitrogens with one attached hydrogen (secondary N) is 1. The molecule has 2 heterocycles. The van der Waals surface area contributed by atoms with E-state index in [0.29, 0.717) is 12.8 Å². The van der Waals surface area contributed by atoms with Crippen LogP contribution in [-0.4, -0.2) is 41.8 Å². The summed E-state index contributed by atoms with van der Waals surface area (Å²) < 4.78 is 23.3. The molecule has 0 radical (unpaired) electrons. The molecule has 1 aliphatic heterocycles. The van der Waals surface area contributed by atoms with E-state index in [9.17, 15) is 23.3 Å². The van der Waals surface area contributed by atoms with Gasteiger partial charge in [-0.25, -0.2) is 13.4 Å². The van der Waals surface area contributed by atoms with Gasteiger partial charge in [-0.3, -0.25) is 14.9 Å². The number of aromatic nitrogens is 1. The Hall–Kier alpha value is -1.74. The Bertz CT molecular complexity index is 691. The number of carbonyl (C=O) groups excluding carboxylic acids is 1. The lowest BCUT2D eigenvalue weighted by atomic mass is 10.2. The molecule has 1 fully saturated rings. The average Bonchev–Trinajstić information content (AvgIpc) is 2.75. The maximum Gasteiger partial charge on any atom is 0.288 e. The molecule has 1 atom stereocenters. The lowest BCUT2D eigenvalue weighted by Gasteiger charge is -2.11. The van der Waals surface area contributed by atoms with Crippen LogP contribution in [0.25, 0.3) is 0 Å². The van der Waals surface area contributed by atoms with E-state index in [1.54, 1.807) is 0 Å². The fraction of sp³-hybridized carbons (Fsp3) is 0.455. The predicted octanol–water partition coefficient (Wildman–Crippen LogP) is 0.950. The Balaban J connectivity index is 2.10. The fourth-order valence-electron chi connectivity index (χ4n) is 2.09. The summed E-state index contributed by atoms with van der Waals surface area (Å²) >= 11 is 5.73. The van der Waals surface area contributed by atoms with Gasteiger partial charge in [0, 0.05) is 12.6 Å². The lowest BCUT2D eigenvalue weighted by Crippen LogP contribution is -2.34. The molecule has 10 heteroatoms. The first-order chi connectivity index (χ1) is 9.81. The lowest BCUT2D eigenvalue weighted by molar-refractivity contribution is -0.385. The number of nitrogens with zero attached hydrogens (tertiary/aromatic N) is 2. The van der Waals surface area contributed by atoms with Crippen molar-refractivity contribution in [2.75, 3.05) is 12.3 Å². The molecule has 114 valence electrons. The zero-order valence-corrected chi connectivity index (χ0v) is 12.4. The van der Waals surface area contributed by atoms with Crippen LogP contribution in [0.1, 0.15) is 23.2 Å². The molecule has 1 unspecified atom stereocenters. The molecular weight excluding hydrogens is 322 g/mol. The van der Waals surface area contributed by atoms with Crippen LogP contribution < -0.4 is 5.32 Å². The molecule has 0 saturated carbocycles. The summed E-state index contributed by atoms with van der Waals surface area (Å²) in [6.07, 6.45) is 2.01. The highest BCUT2D eigenvalue weighted by atomic mass is 35.5. The zero-order chi connectivity index (χ0) is 15.6. The molecule has 0 bridgehead atoms. The highest BCUT2D eigenvalue weighted by Crippen LogP contribution is 2.21. The van der Waals surface area contributed by atoms with Crippen molar-refractivity contribution >= 4 is 33.0 Å². The molecule has 2 rings (SSSR count). The molecule has 1 N–H and O–H groups in total. The quantitative estimate of drug-likeness (QED) is 0.497. The topological polar surface area (TPSA) is 119 Å². The number of pyridine rings is 1. The van der Waals surface area contributed by atoms with Crippen molar-refractivity contribution in [1.82, 2.24) is 10.3 Å². The second-order valence-corrected chi connectivity index (χ2v) is 7.39. The van der Waals surface area contributed by atoms with Crippen molar-refractivity contribution in [3.05, 3.63) is 33.1 Å². The van der Waals surface area contributed by atoms with Gasteiger partial charge in [-0.1, -0.05) is 11.6 Å². The monoisotopic (exact) mass is 333 g/mol. The van der Waals surface area contributed by atoms with Crippen LogP contribution >= 0.6 is 11.6 Å². The van der Waals surface area contributed by atoms with Crippen LogP contribution in [-0.2, 0) is 9.84 Å². The third-order valence-corrected chi connectivity index (χ3v) is 5.81. The molecule has 0 spiro atoms. The Morgan fingerprint density at radius 1 is 1.57 bits per heavy atom. The summed E-state index contributed by atoms with van der Waals surface area (Å²) in [5.74, 6) is -0.564. The number of halogens is 1. The van der Waals surface area contributed by atoms with Gasteiger partial charge in [0.05, 0.1) is 21.5 Å². The van der Waals surface area contributed by atoms with E-state index >= 15 is 0 Å². The first-order valence-corrected chi connectivity index (χ1v) is 8.20. The average molecular weight is 334 g/mol. The third kappa shape index (κ3) is 3.48. The zero-order valence-electron chi connectivity index (χ0n) is 10.8. The number of rotatable bonds is 4. The highest BCUT2D eigenvalue weighted by molar-refractivity contribution is 7.92. The van der Waals surface area contributed by atoms with E-state index in [1.165, 1.54) is 0 Å². The van der Waals surface area contributed by atoms with Crippen molar-refractivity contribution in [3.8, 4) is 0 Å². The number of hydrogen-bond donors (Lipinski definition) is 1. The van der Waals surface area contributed by atoms with Gasteiger partial charge < -0.3 is 5.32 Å². The van der Waals surface area contributed by atoms with E-state index in [1.807, 2.05) is 0 Å². The van der Waals surface area contributed by atoms with Crippen molar-refractivity contribution in [2.45, 2.75) is 18.1 Å². The summed E-state index contributed by atoms with van der Waals surface area (Å²) in [5, 5.41) is 12.3. The van der Waals surface area contributed by atoms with Crippen molar-refractivity contribution in [2.24, 2.45) is 0 Å². The van der Waals surface area contributed by atoms with Gasteiger partial charge in [0.2, 0.25) is 0 Å². The van der Waals surface area contributed by atoms with Gasteiger partial charge in [-0.15, -0.1) is 0 Å². The molecule has 1 aromatic rings. The minimum Gasteiger partial charge on any atom is -0.351 e. The summed E-state index contributed by atoms with van der Waals surface area (Å²) in [6.45, 7) is -0.0415. The maximum atomic E-state index is 12.0. The van der Waals surface area contributed by atoms with Crippen LogP contribution in [0.4, 0.5) is 5.69 Å². The first-order valence-electron chi connectivity index (χ1n) is 6.11. The number of sulfone groups is 1. The third-order valence-electron chi connectivity index (χ3n) is 3.23. The maximum absolute atomic E-state index is 12.0. The second-order valence-electron chi connectivity index (χ2n) is 4.63. The Morgan fingerprint density at radius 3 is 2.86 bits per heavy atom. The summed E-state index contributed by atoms with van der Waals surface area (Å²) in [6, 6.07) is 1.01.